The molecule has 4 heteroatoms. The second-order valence-electron chi connectivity index (χ2n) is 1.67. The molecule has 0 bridgehead atoms. The number of ether oxygens (including phenoxy) is 1. The Morgan fingerprint density at radius 1 is 1.90 bits per heavy atom. The van der Waals surface area contributed by atoms with Gasteiger partial charge in [0.1, 0.15) is 0 Å². The first-order valence-electron chi connectivity index (χ1n) is 2.91. The van der Waals surface area contributed by atoms with Crippen molar-refractivity contribution in [1.29, 1.82) is 0 Å². The lowest BCUT2D eigenvalue weighted by Crippen LogP contribution is -2.18. The summed E-state index contributed by atoms with van der Waals surface area (Å²) in [5.41, 5.74) is 0. The Morgan fingerprint density at radius 3 is 2.80 bits per heavy atom. The lowest BCUT2D eigenvalue weighted by Gasteiger charge is -2.03. The van der Waals surface area contributed by atoms with Gasteiger partial charge in [-0.2, -0.15) is 0 Å². The number of nitrogens with zero attached hydrogens (tertiary/aromatic N) is 1. The molecule has 0 saturated heterocycles. The summed E-state index contributed by atoms with van der Waals surface area (Å²) in [6.07, 6.45) is 0.594. The summed E-state index contributed by atoms with van der Waals surface area (Å²) in [5.74, 6) is -0.361. The van der Waals surface area contributed by atoms with Crippen LogP contribution in [0.15, 0.2) is 4.99 Å². The van der Waals surface area contributed by atoms with Crippen LogP contribution in [0.25, 0.3) is 0 Å². The molecule has 0 radical (unpaired) electrons. The number of hydrogen-bond acceptors (Lipinski definition) is 4. The largest absolute Gasteiger partial charge is 0.467 e. The zero-order chi connectivity index (χ0) is 7.98. The van der Waals surface area contributed by atoms with Crippen LogP contribution in [-0.2, 0) is 9.53 Å². The summed E-state index contributed by atoms with van der Waals surface area (Å²) >= 11 is 4.34. The van der Waals surface area contributed by atoms with Gasteiger partial charge in [-0.25, -0.2) is 9.79 Å². The van der Waals surface area contributed by atoms with Crippen LogP contribution in [0.4, 0.5) is 0 Å². The summed E-state index contributed by atoms with van der Waals surface area (Å²) in [4.78, 5) is 14.3. The molecule has 1 unspecified atom stereocenters. The maximum absolute atomic E-state index is 10.7. The highest BCUT2D eigenvalue weighted by atomic mass is 32.1. The smallest absolute Gasteiger partial charge is 0.331 e. The Hall–Kier alpha value is -0.730. The van der Waals surface area contributed by atoms with E-state index in [0.717, 1.165) is 0 Å². The quantitative estimate of drug-likeness (QED) is 0.351. The third-order valence-electron chi connectivity index (χ3n) is 1.07. The van der Waals surface area contributed by atoms with Gasteiger partial charge < -0.3 is 4.74 Å². The van der Waals surface area contributed by atoms with E-state index in [1.54, 1.807) is 0 Å². The molecule has 56 valence electrons. The van der Waals surface area contributed by atoms with E-state index in [4.69, 9.17) is 0 Å². The molecule has 0 aliphatic carbocycles. The second-order valence-corrected chi connectivity index (χ2v) is 1.85. The Balaban J connectivity index is 4.05. The Bertz CT molecular complexity index is 163. The average Bonchev–Trinajstić information content (AvgIpc) is 1.99. The van der Waals surface area contributed by atoms with E-state index in [2.05, 4.69) is 27.1 Å². The van der Waals surface area contributed by atoms with Crippen molar-refractivity contribution in [3.63, 3.8) is 0 Å². The van der Waals surface area contributed by atoms with Crippen LogP contribution >= 0.6 is 12.2 Å². The van der Waals surface area contributed by atoms with Gasteiger partial charge in [0.25, 0.3) is 0 Å². The van der Waals surface area contributed by atoms with Gasteiger partial charge in [0.2, 0.25) is 0 Å². The molecule has 0 aliphatic rings. The summed E-state index contributed by atoms with van der Waals surface area (Å²) in [5, 5.41) is 2.14. The van der Waals surface area contributed by atoms with E-state index in [-0.39, 0.29) is 5.97 Å². The van der Waals surface area contributed by atoms with Gasteiger partial charge in [-0.15, -0.1) is 0 Å². The third-order valence-corrected chi connectivity index (χ3v) is 1.17. The topological polar surface area (TPSA) is 38.7 Å². The summed E-state index contributed by atoms with van der Waals surface area (Å²) < 4.78 is 4.44. The van der Waals surface area contributed by atoms with Crippen LogP contribution in [0.2, 0.25) is 0 Å². The molecule has 0 heterocycles. The van der Waals surface area contributed by atoms with Gasteiger partial charge in [-0.3, -0.25) is 0 Å². The van der Waals surface area contributed by atoms with Crippen molar-refractivity contribution in [3.8, 4) is 0 Å². The van der Waals surface area contributed by atoms with E-state index >= 15 is 0 Å². The fourth-order valence-corrected chi connectivity index (χ4v) is 0.638. The summed E-state index contributed by atoms with van der Waals surface area (Å²) in [7, 11) is 1.32. The molecular formula is C6H9NO2S. The molecule has 0 spiro atoms. The number of isothiocyanates is 1. The number of carbonyl (C=O) groups is 1. The van der Waals surface area contributed by atoms with Crippen LogP contribution in [0.3, 0.4) is 0 Å². The van der Waals surface area contributed by atoms with E-state index in [9.17, 15) is 4.79 Å². The van der Waals surface area contributed by atoms with Crippen LogP contribution in [-0.4, -0.2) is 24.3 Å². The highest BCUT2D eigenvalue weighted by molar-refractivity contribution is 7.78. The van der Waals surface area contributed by atoms with Crippen molar-refractivity contribution in [2.45, 2.75) is 19.4 Å². The highest BCUT2D eigenvalue weighted by Crippen LogP contribution is 1.97. The van der Waals surface area contributed by atoms with E-state index < -0.39 is 6.04 Å². The number of methoxy groups -OCH3 is 1. The zero-order valence-corrected chi connectivity index (χ0v) is 6.77. The minimum atomic E-state index is -0.470. The van der Waals surface area contributed by atoms with Crippen molar-refractivity contribution in [2.24, 2.45) is 4.99 Å². The molecule has 0 rings (SSSR count). The van der Waals surface area contributed by atoms with Crippen molar-refractivity contribution >= 4 is 23.3 Å². The first kappa shape index (κ1) is 9.27. The van der Waals surface area contributed by atoms with Gasteiger partial charge in [0.05, 0.1) is 12.3 Å². The number of thiocarbonyl (C=S) groups is 1. The number of rotatable bonds is 3. The molecule has 0 fully saturated rings. The molecule has 0 aromatic carbocycles. The Labute approximate surface area is 65.1 Å². The first-order valence-corrected chi connectivity index (χ1v) is 3.31. The molecule has 10 heavy (non-hydrogen) atoms. The molecule has 0 N–H and O–H groups in total. The van der Waals surface area contributed by atoms with Crippen molar-refractivity contribution < 1.29 is 9.53 Å². The minimum absolute atomic E-state index is 0.361. The number of aliphatic imine (C=N–C) groups is 1. The fourth-order valence-electron chi connectivity index (χ4n) is 0.510. The molecule has 1 atom stereocenters. The number of hydrogen-bond donors (Lipinski definition) is 0. The van der Waals surface area contributed by atoms with Crippen molar-refractivity contribution in [3.05, 3.63) is 0 Å². The van der Waals surface area contributed by atoms with Crippen LogP contribution in [0.1, 0.15) is 13.3 Å². The predicted octanol–water partition coefficient (Wildman–Crippen LogP) is 1.04. The van der Waals surface area contributed by atoms with Crippen molar-refractivity contribution in [1.82, 2.24) is 0 Å². The van der Waals surface area contributed by atoms with Crippen LogP contribution < -0.4 is 0 Å². The minimum Gasteiger partial charge on any atom is -0.467 e. The van der Waals surface area contributed by atoms with Gasteiger partial charge in [-0.1, -0.05) is 6.92 Å². The van der Waals surface area contributed by atoms with Crippen molar-refractivity contribution in [2.75, 3.05) is 7.11 Å². The predicted molar refractivity (Wildman–Crippen MR) is 41.1 cm³/mol. The Kier molecular flexibility index (Phi) is 4.72. The Morgan fingerprint density at radius 2 is 2.50 bits per heavy atom. The standard InChI is InChI=1S/C6H9NO2S/c1-3-5(7-4-10)6(8)9-2/h5H,3H2,1-2H3. The zero-order valence-electron chi connectivity index (χ0n) is 5.96. The van der Waals surface area contributed by atoms with Gasteiger partial charge in [0.15, 0.2) is 6.04 Å². The van der Waals surface area contributed by atoms with Crippen LogP contribution in [0.5, 0.6) is 0 Å². The lowest BCUT2D eigenvalue weighted by atomic mass is 10.2. The molecular weight excluding hydrogens is 150 g/mol. The molecule has 0 aliphatic heterocycles. The molecule has 0 saturated carbocycles. The third kappa shape index (κ3) is 2.71. The maximum Gasteiger partial charge on any atom is 0.331 e. The monoisotopic (exact) mass is 159 g/mol. The molecule has 0 aromatic rings. The average molecular weight is 159 g/mol. The van der Waals surface area contributed by atoms with E-state index in [1.807, 2.05) is 6.92 Å². The van der Waals surface area contributed by atoms with E-state index in [0.29, 0.717) is 6.42 Å². The molecule has 3 nitrogen and oxygen atoms in total. The highest BCUT2D eigenvalue weighted by Gasteiger charge is 2.13. The van der Waals surface area contributed by atoms with Gasteiger partial charge in [0, 0.05) is 0 Å². The second kappa shape index (κ2) is 5.09. The van der Waals surface area contributed by atoms with Gasteiger partial charge >= 0.3 is 5.97 Å². The van der Waals surface area contributed by atoms with E-state index in [1.165, 1.54) is 7.11 Å². The molecule has 0 aromatic heterocycles. The first-order chi connectivity index (χ1) is 4.76. The normalized spacial score (nSPS) is 11.4. The molecule has 0 amide bonds. The number of carbonyl (C=O) groups excluding carboxylic acids is 1. The summed E-state index contributed by atoms with van der Waals surface area (Å²) in [6.45, 7) is 1.83. The van der Waals surface area contributed by atoms with Gasteiger partial charge in [-0.05, 0) is 18.6 Å². The summed E-state index contributed by atoms with van der Waals surface area (Å²) in [6, 6.07) is -0.470. The van der Waals surface area contributed by atoms with Crippen LogP contribution in [0, 0.1) is 0 Å². The maximum atomic E-state index is 10.7. The number of esters is 1. The lowest BCUT2D eigenvalue weighted by molar-refractivity contribution is -0.142. The fraction of sp³-hybridized carbons (Fsp3) is 0.667. The SMILES string of the molecule is CCC(N=C=S)C(=O)OC.